The van der Waals surface area contributed by atoms with Gasteiger partial charge in [0.25, 0.3) is 5.91 Å². The summed E-state index contributed by atoms with van der Waals surface area (Å²) in [5.41, 5.74) is 3.84. The van der Waals surface area contributed by atoms with Gasteiger partial charge in [-0.2, -0.15) is 5.26 Å². The largest absolute Gasteiger partial charge is 0.466 e. The molecule has 0 radical (unpaired) electrons. The maximum atomic E-state index is 12.4. The molecule has 0 bridgehead atoms. The monoisotopic (exact) mass is 375 g/mol. The second kappa shape index (κ2) is 8.87. The molecule has 6 nitrogen and oxygen atoms in total. The van der Waals surface area contributed by atoms with Gasteiger partial charge >= 0.3 is 5.97 Å². The van der Waals surface area contributed by atoms with Crippen LogP contribution >= 0.6 is 0 Å². The van der Waals surface area contributed by atoms with Gasteiger partial charge in [-0.3, -0.25) is 9.59 Å². The minimum Gasteiger partial charge on any atom is -0.466 e. The molecular weight excluding hydrogens is 354 g/mol. The molecule has 6 heteroatoms. The summed E-state index contributed by atoms with van der Waals surface area (Å²) in [6, 6.07) is 16.9. The third kappa shape index (κ3) is 4.77. The molecule has 3 aromatic rings. The van der Waals surface area contributed by atoms with Crippen LogP contribution in [0.4, 0.5) is 0 Å². The number of hydrogen-bond donors (Lipinski definition) is 2. The highest BCUT2D eigenvalue weighted by Gasteiger charge is 2.10. The standard InChI is InChI=1S/C22H21N3O3/c1-2-28-21(26)10-8-15-3-5-16(6-4-15)14-24-22(27)20-12-18-11-17(13-23)7-9-19(18)25-20/h3-7,9,11-12,25H,2,8,10,14H2,1H3,(H,24,27). The van der Waals surface area contributed by atoms with Gasteiger partial charge in [-0.15, -0.1) is 0 Å². The minimum atomic E-state index is -0.207. The Labute approximate surface area is 163 Å². The molecule has 1 aromatic heterocycles. The Hall–Kier alpha value is -3.59. The number of carbonyl (C=O) groups excluding carboxylic acids is 2. The van der Waals surface area contributed by atoms with Crippen LogP contribution in [0, 0.1) is 11.3 Å². The Morgan fingerprint density at radius 1 is 1.11 bits per heavy atom. The highest BCUT2D eigenvalue weighted by Crippen LogP contribution is 2.17. The van der Waals surface area contributed by atoms with Gasteiger partial charge in [-0.25, -0.2) is 0 Å². The van der Waals surface area contributed by atoms with Crippen LogP contribution in [0.5, 0.6) is 0 Å². The first-order valence-electron chi connectivity index (χ1n) is 9.13. The Bertz CT molecular complexity index is 1030. The van der Waals surface area contributed by atoms with Crippen molar-refractivity contribution in [2.75, 3.05) is 6.61 Å². The fourth-order valence-corrected chi connectivity index (χ4v) is 2.91. The van der Waals surface area contributed by atoms with Crippen LogP contribution in [0.3, 0.4) is 0 Å². The van der Waals surface area contributed by atoms with Crippen LogP contribution in [-0.2, 0) is 22.5 Å². The summed E-state index contributed by atoms with van der Waals surface area (Å²) in [5.74, 6) is -0.403. The molecule has 0 aliphatic rings. The van der Waals surface area contributed by atoms with E-state index >= 15 is 0 Å². The highest BCUT2D eigenvalue weighted by atomic mass is 16.5. The molecule has 2 N–H and O–H groups in total. The van der Waals surface area contributed by atoms with Crippen molar-refractivity contribution in [2.24, 2.45) is 0 Å². The molecule has 0 unspecified atom stereocenters. The lowest BCUT2D eigenvalue weighted by molar-refractivity contribution is -0.143. The predicted octanol–water partition coefficient (Wildman–Crippen LogP) is 3.47. The molecule has 3 rings (SSSR count). The van der Waals surface area contributed by atoms with E-state index in [0.717, 1.165) is 22.0 Å². The molecule has 0 saturated carbocycles. The zero-order chi connectivity index (χ0) is 19.9. The highest BCUT2D eigenvalue weighted by molar-refractivity contribution is 5.98. The number of hydrogen-bond acceptors (Lipinski definition) is 4. The van der Waals surface area contributed by atoms with Gasteiger partial charge in [0, 0.05) is 23.9 Å². The first-order chi connectivity index (χ1) is 13.6. The van der Waals surface area contributed by atoms with Crippen molar-refractivity contribution in [2.45, 2.75) is 26.3 Å². The van der Waals surface area contributed by atoms with Gasteiger partial charge in [0.1, 0.15) is 5.69 Å². The molecular formula is C22H21N3O3. The number of H-pyrrole nitrogens is 1. The van der Waals surface area contributed by atoms with Crippen LogP contribution in [0.25, 0.3) is 10.9 Å². The second-order valence-corrected chi connectivity index (χ2v) is 6.40. The summed E-state index contributed by atoms with van der Waals surface area (Å²) in [6.45, 7) is 2.59. The molecule has 28 heavy (non-hydrogen) atoms. The van der Waals surface area contributed by atoms with Crippen molar-refractivity contribution in [1.82, 2.24) is 10.3 Å². The lowest BCUT2D eigenvalue weighted by Crippen LogP contribution is -2.23. The van der Waals surface area contributed by atoms with Gasteiger partial charge in [0.05, 0.1) is 18.2 Å². The average molecular weight is 375 g/mol. The first kappa shape index (κ1) is 19.2. The molecule has 0 aliphatic heterocycles. The van der Waals surface area contributed by atoms with Crippen molar-refractivity contribution < 1.29 is 14.3 Å². The molecule has 142 valence electrons. The number of nitrogens with one attached hydrogen (secondary N) is 2. The van der Waals surface area contributed by atoms with E-state index in [1.165, 1.54) is 0 Å². The quantitative estimate of drug-likeness (QED) is 0.618. The lowest BCUT2D eigenvalue weighted by Gasteiger charge is -2.06. The number of nitrogens with zero attached hydrogens (tertiary/aromatic N) is 1. The summed E-state index contributed by atoms with van der Waals surface area (Å²) in [6.07, 6.45) is 0.989. The van der Waals surface area contributed by atoms with Crippen molar-refractivity contribution in [3.05, 3.63) is 70.9 Å². The van der Waals surface area contributed by atoms with E-state index in [4.69, 9.17) is 10.00 Å². The van der Waals surface area contributed by atoms with Crippen molar-refractivity contribution in [1.29, 1.82) is 5.26 Å². The van der Waals surface area contributed by atoms with E-state index in [9.17, 15) is 9.59 Å². The Morgan fingerprint density at radius 2 is 1.86 bits per heavy atom. The van der Waals surface area contributed by atoms with E-state index in [1.54, 1.807) is 31.2 Å². The third-order valence-electron chi connectivity index (χ3n) is 4.39. The summed E-state index contributed by atoms with van der Waals surface area (Å²) >= 11 is 0. The zero-order valence-corrected chi connectivity index (χ0v) is 15.6. The van der Waals surface area contributed by atoms with Crippen molar-refractivity contribution in [3.63, 3.8) is 0 Å². The van der Waals surface area contributed by atoms with Gasteiger partial charge in [0.15, 0.2) is 0 Å². The summed E-state index contributed by atoms with van der Waals surface area (Å²) in [7, 11) is 0. The third-order valence-corrected chi connectivity index (χ3v) is 4.39. The van der Waals surface area contributed by atoms with Crippen LogP contribution in [0.1, 0.15) is 40.5 Å². The van der Waals surface area contributed by atoms with E-state index in [2.05, 4.69) is 16.4 Å². The Balaban J connectivity index is 1.55. The topological polar surface area (TPSA) is 95.0 Å². The number of aryl methyl sites for hydroxylation is 1. The molecule has 0 spiro atoms. The van der Waals surface area contributed by atoms with Crippen LogP contribution in [-0.4, -0.2) is 23.5 Å². The molecule has 0 fully saturated rings. The summed E-state index contributed by atoms with van der Waals surface area (Å²) < 4.78 is 4.92. The van der Waals surface area contributed by atoms with Gasteiger partial charge in [0.2, 0.25) is 0 Å². The maximum Gasteiger partial charge on any atom is 0.306 e. The average Bonchev–Trinajstić information content (AvgIpc) is 3.14. The molecule has 1 amide bonds. The molecule has 2 aromatic carbocycles. The van der Waals surface area contributed by atoms with E-state index in [-0.39, 0.29) is 11.9 Å². The summed E-state index contributed by atoms with van der Waals surface area (Å²) in [4.78, 5) is 26.9. The van der Waals surface area contributed by atoms with Gasteiger partial charge < -0.3 is 15.0 Å². The van der Waals surface area contributed by atoms with Crippen molar-refractivity contribution in [3.8, 4) is 6.07 Å². The fraction of sp³-hybridized carbons (Fsp3) is 0.227. The van der Waals surface area contributed by atoms with Crippen LogP contribution in [0.2, 0.25) is 0 Å². The van der Waals surface area contributed by atoms with E-state index in [1.807, 2.05) is 24.3 Å². The number of carbonyl (C=O) groups is 2. The van der Waals surface area contributed by atoms with E-state index < -0.39 is 0 Å². The molecule has 0 saturated heterocycles. The smallest absolute Gasteiger partial charge is 0.306 e. The number of nitriles is 1. The van der Waals surface area contributed by atoms with E-state index in [0.29, 0.717) is 37.3 Å². The number of amides is 1. The maximum absolute atomic E-state index is 12.4. The first-order valence-corrected chi connectivity index (χ1v) is 9.13. The van der Waals surface area contributed by atoms with Crippen LogP contribution < -0.4 is 5.32 Å². The van der Waals surface area contributed by atoms with Crippen molar-refractivity contribution >= 4 is 22.8 Å². The lowest BCUT2D eigenvalue weighted by atomic mass is 10.1. The zero-order valence-electron chi connectivity index (χ0n) is 15.6. The summed E-state index contributed by atoms with van der Waals surface area (Å²) in [5, 5.41) is 12.7. The number of esters is 1. The predicted molar refractivity (Wildman–Crippen MR) is 106 cm³/mol. The minimum absolute atomic E-state index is 0.195. The Kier molecular flexibility index (Phi) is 6.07. The molecule has 1 heterocycles. The number of fused-ring (bicyclic) bond motifs is 1. The number of aromatic amines is 1. The number of aromatic nitrogens is 1. The SMILES string of the molecule is CCOC(=O)CCc1ccc(CNC(=O)c2cc3cc(C#N)ccc3[nH]2)cc1. The number of rotatable bonds is 7. The van der Waals surface area contributed by atoms with Gasteiger partial charge in [-0.1, -0.05) is 24.3 Å². The normalized spacial score (nSPS) is 10.4. The fourth-order valence-electron chi connectivity index (χ4n) is 2.91. The molecule has 0 aliphatic carbocycles. The number of benzene rings is 2. The van der Waals surface area contributed by atoms with Gasteiger partial charge in [-0.05, 0) is 48.7 Å². The van der Waals surface area contributed by atoms with Crippen LogP contribution in [0.15, 0.2) is 48.5 Å². The second-order valence-electron chi connectivity index (χ2n) is 6.40. The Morgan fingerprint density at radius 3 is 2.57 bits per heavy atom. The number of ether oxygens (including phenoxy) is 1. The molecule has 0 atom stereocenters.